The van der Waals surface area contributed by atoms with E-state index in [1.807, 2.05) is 25.1 Å². The Labute approximate surface area is 213 Å². The van der Waals surface area contributed by atoms with Gasteiger partial charge in [0.15, 0.2) is 5.13 Å². The third kappa shape index (κ3) is 4.69. The summed E-state index contributed by atoms with van der Waals surface area (Å²) in [5.41, 5.74) is 2.40. The zero-order valence-electron chi connectivity index (χ0n) is 19.0. The van der Waals surface area contributed by atoms with Crippen molar-refractivity contribution < 1.29 is 13.2 Å². The minimum absolute atomic E-state index is 0.188. The van der Waals surface area contributed by atoms with Crippen molar-refractivity contribution in [1.29, 1.82) is 0 Å². The van der Waals surface area contributed by atoms with Gasteiger partial charge < -0.3 is 0 Å². The van der Waals surface area contributed by atoms with Gasteiger partial charge >= 0.3 is 0 Å². The topological polar surface area (TPSA) is 83.5 Å². The molecular weight excluding hydrogens is 504 g/mol. The zero-order valence-corrected chi connectivity index (χ0v) is 21.4. The van der Waals surface area contributed by atoms with E-state index in [0.717, 1.165) is 15.8 Å². The van der Waals surface area contributed by atoms with Crippen LogP contribution in [0.25, 0.3) is 10.2 Å². The van der Waals surface area contributed by atoms with Crippen molar-refractivity contribution in [2.75, 3.05) is 11.4 Å². The summed E-state index contributed by atoms with van der Waals surface area (Å²) in [7, 11) is -3.83. The summed E-state index contributed by atoms with van der Waals surface area (Å²) < 4.78 is 29.1. The third-order valence-electron chi connectivity index (χ3n) is 6.04. The molecule has 1 saturated heterocycles. The third-order valence-corrected chi connectivity index (χ3v) is 9.31. The minimum Gasteiger partial charge on any atom is -0.282 e. The number of nitrogens with zero attached hydrogens (tertiary/aromatic N) is 4. The van der Waals surface area contributed by atoms with Gasteiger partial charge in [-0.05, 0) is 55.7 Å². The van der Waals surface area contributed by atoms with Gasteiger partial charge in [0.2, 0.25) is 15.9 Å². The van der Waals surface area contributed by atoms with Gasteiger partial charge in [0.05, 0.1) is 21.2 Å². The number of thiazole rings is 1. The SMILES string of the molecule is Cc1ccc(S(=O)(=O)N2CCCC2C(=O)N(Cc2cccnc2)c2nc3c(Cl)cccc3s2)cc1. The number of carbonyl (C=O) groups is 1. The molecule has 4 aromatic rings. The molecule has 7 nitrogen and oxygen atoms in total. The lowest BCUT2D eigenvalue weighted by Crippen LogP contribution is -2.47. The van der Waals surface area contributed by atoms with Crippen LogP contribution in [0, 0.1) is 6.92 Å². The number of hydrogen-bond donors (Lipinski definition) is 0. The summed E-state index contributed by atoms with van der Waals surface area (Å²) in [5, 5.41) is 0.977. The average molecular weight is 527 g/mol. The molecule has 1 atom stereocenters. The lowest BCUT2D eigenvalue weighted by Gasteiger charge is -2.28. The van der Waals surface area contributed by atoms with Crippen molar-refractivity contribution in [3.63, 3.8) is 0 Å². The Hall–Kier alpha value is -2.85. The van der Waals surface area contributed by atoms with Crippen LogP contribution in [0.5, 0.6) is 0 Å². The number of hydrogen-bond acceptors (Lipinski definition) is 6. The van der Waals surface area contributed by atoms with E-state index in [2.05, 4.69) is 9.97 Å². The van der Waals surface area contributed by atoms with Gasteiger partial charge in [-0.3, -0.25) is 14.7 Å². The van der Waals surface area contributed by atoms with E-state index in [0.29, 0.717) is 35.1 Å². The molecular formula is C25H23ClN4O3S2. The molecule has 5 rings (SSSR count). The highest BCUT2D eigenvalue weighted by Crippen LogP contribution is 2.35. The number of anilines is 1. The molecule has 0 aliphatic carbocycles. The molecule has 2 aromatic carbocycles. The smallest absolute Gasteiger partial charge is 0.247 e. The van der Waals surface area contributed by atoms with Crippen LogP contribution in [-0.4, -0.2) is 41.2 Å². The molecule has 1 fully saturated rings. The van der Waals surface area contributed by atoms with Gasteiger partial charge in [0.1, 0.15) is 11.6 Å². The second kappa shape index (κ2) is 9.66. The van der Waals surface area contributed by atoms with Crippen LogP contribution >= 0.6 is 22.9 Å². The highest BCUT2D eigenvalue weighted by Gasteiger charge is 2.42. The van der Waals surface area contributed by atoms with Crippen molar-refractivity contribution in [2.24, 2.45) is 0 Å². The van der Waals surface area contributed by atoms with Crippen LogP contribution in [-0.2, 0) is 21.4 Å². The molecule has 0 bridgehead atoms. The van der Waals surface area contributed by atoms with Crippen LogP contribution in [0.3, 0.4) is 0 Å². The molecule has 1 aliphatic rings. The number of fused-ring (bicyclic) bond motifs is 1. The maximum atomic E-state index is 14.0. The van der Waals surface area contributed by atoms with Crippen molar-refractivity contribution in [2.45, 2.75) is 37.2 Å². The number of halogens is 1. The minimum atomic E-state index is -3.83. The Morgan fingerprint density at radius 2 is 1.97 bits per heavy atom. The molecule has 0 spiro atoms. The molecule has 35 heavy (non-hydrogen) atoms. The number of sulfonamides is 1. The second-order valence-electron chi connectivity index (χ2n) is 8.46. The normalized spacial score (nSPS) is 16.6. The van der Waals surface area contributed by atoms with Crippen LogP contribution < -0.4 is 4.90 Å². The number of rotatable bonds is 6. The number of benzene rings is 2. The first kappa shape index (κ1) is 23.9. The molecule has 2 aromatic heterocycles. The predicted molar refractivity (Wildman–Crippen MR) is 138 cm³/mol. The number of aromatic nitrogens is 2. The summed E-state index contributed by atoms with van der Waals surface area (Å²) in [6.45, 7) is 2.41. The van der Waals surface area contributed by atoms with Crippen molar-refractivity contribution in [3.05, 3.63) is 83.1 Å². The molecule has 0 saturated carbocycles. The van der Waals surface area contributed by atoms with E-state index >= 15 is 0 Å². The van der Waals surface area contributed by atoms with Crippen LogP contribution in [0.2, 0.25) is 5.02 Å². The standard InChI is InChI=1S/C25H23ClN4O3S2/c1-17-9-11-19(12-10-17)35(32,33)30-14-4-7-21(30)24(31)29(16-18-5-3-13-27-15-18)25-28-23-20(26)6-2-8-22(23)34-25/h2-3,5-6,8-13,15,21H,4,7,14,16H2,1H3. The van der Waals surface area contributed by atoms with E-state index in [-0.39, 0.29) is 17.3 Å². The zero-order chi connectivity index (χ0) is 24.6. The lowest BCUT2D eigenvalue weighted by molar-refractivity contribution is -0.121. The van der Waals surface area contributed by atoms with Crippen molar-refractivity contribution >= 4 is 54.2 Å². The highest BCUT2D eigenvalue weighted by molar-refractivity contribution is 7.89. The Kier molecular flexibility index (Phi) is 6.59. The highest BCUT2D eigenvalue weighted by atomic mass is 35.5. The second-order valence-corrected chi connectivity index (χ2v) is 11.8. The van der Waals surface area contributed by atoms with E-state index in [1.54, 1.807) is 53.7 Å². The largest absolute Gasteiger partial charge is 0.282 e. The van der Waals surface area contributed by atoms with E-state index < -0.39 is 16.1 Å². The predicted octanol–water partition coefficient (Wildman–Crippen LogP) is 5.04. The number of para-hydroxylation sites is 1. The summed E-state index contributed by atoms with van der Waals surface area (Å²) >= 11 is 7.70. The maximum absolute atomic E-state index is 14.0. The number of carbonyl (C=O) groups excluding carboxylic acids is 1. The number of amides is 1. The summed E-state index contributed by atoms with van der Waals surface area (Å²) in [6, 6.07) is 15.1. The van der Waals surface area contributed by atoms with Crippen LogP contribution in [0.15, 0.2) is 71.9 Å². The maximum Gasteiger partial charge on any atom is 0.247 e. The fourth-order valence-electron chi connectivity index (χ4n) is 4.23. The first-order chi connectivity index (χ1) is 16.8. The number of pyridine rings is 1. The summed E-state index contributed by atoms with van der Waals surface area (Å²) in [4.78, 5) is 24.6. The molecule has 10 heteroatoms. The Bertz CT molecular complexity index is 1470. The fourth-order valence-corrected chi connectivity index (χ4v) is 7.15. The van der Waals surface area contributed by atoms with Crippen molar-refractivity contribution in [1.82, 2.24) is 14.3 Å². The van der Waals surface area contributed by atoms with Gasteiger partial charge in [0, 0.05) is 18.9 Å². The quantitative estimate of drug-likeness (QED) is 0.351. The number of aryl methyl sites for hydroxylation is 1. The first-order valence-corrected chi connectivity index (χ1v) is 13.8. The van der Waals surface area contributed by atoms with Gasteiger partial charge in [-0.25, -0.2) is 13.4 Å². The average Bonchev–Trinajstić information content (AvgIpc) is 3.52. The summed E-state index contributed by atoms with van der Waals surface area (Å²) in [6.07, 6.45) is 4.41. The van der Waals surface area contributed by atoms with Gasteiger partial charge in [-0.2, -0.15) is 4.31 Å². The van der Waals surface area contributed by atoms with Crippen LogP contribution in [0.1, 0.15) is 24.0 Å². The molecule has 1 unspecified atom stereocenters. The van der Waals surface area contributed by atoms with Gasteiger partial charge in [-0.15, -0.1) is 0 Å². The fraction of sp³-hybridized carbons (Fsp3) is 0.240. The van der Waals surface area contributed by atoms with E-state index in [9.17, 15) is 13.2 Å². The van der Waals surface area contributed by atoms with Crippen molar-refractivity contribution in [3.8, 4) is 0 Å². The van der Waals surface area contributed by atoms with E-state index in [1.165, 1.54) is 15.6 Å². The van der Waals surface area contributed by atoms with Gasteiger partial charge in [-0.1, -0.05) is 52.8 Å². The van der Waals surface area contributed by atoms with E-state index in [4.69, 9.17) is 11.6 Å². The Balaban J connectivity index is 1.53. The Morgan fingerprint density at radius 1 is 1.17 bits per heavy atom. The Morgan fingerprint density at radius 3 is 2.69 bits per heavy atom. The first-order valence-electron chi connectivity index (χ1n) is 11.2. The molecule has 180 valence electrons. The molecule has 1 amide bonds. The van der Waals surface area contributed by atoms with Crippen LogP contribution in [0.4, 0.5) is 5.13 Å². The summed E-state index contributed by atoms with van der Waals surface area (Å²) in [5.74, 6) is -0.308. The molecule has 0 N–H and O–H groups in total. The monoisotopic (exact) mass is 526 g/mol. The molecule has 3 heterocycles. The molecule has 1 aliphatic heterocycles. The lowest BCUT2D eigenvalue weighted by atomic mass is 10.2. The van der Waals surface area contributed by atoms with Gasteiger partial charge in [0.25, 0.3) is 0 Å². The molecule has 0 radical (unpaired) electrons.